The molecule has 1 unspecified atom stereocenters. The van der Waals surface area contributed by atoms with Gasteiger partial charge in [0.2, 0.25) is 5.95 Å². The number of anilines is 2. The van der Waals surface area contributed by atoms with Crippen LogP contribution in [0.5, 0.6) is 0 Å². The number of benzene rings is 1. The van der Waals surface area contributed by atoms with E-state index in [1.54, 1.807) is 6.07 Å². The molecule has 0 bridgehead atoms. The zero-order chi connectivity index (χ0) is 30.5. The number of imidazole rings is 1. The second kappa shape index (κ2) is 11.5. The van der Waals surface area contributed by atoms with Crippen LogP contribution in [0.15, 0.2) is 30.5 Å². The van der Waals surface area contributed by atoms with Crippen molar-refractivity contribution in [2.75, 3.05) is 38.0 Å². The van der Waals surface area contributed by atoms with E-state index in [4.69, 9.17) is 4.98 Å². The highest BCUT2D eigenvalue weighted by atomic mass is 19.1. The SMILES string of the molecule is Cc1nc2c(F)cc(-c3nc(Nc4ccc5c(n4)CCN(CCN4CCC(B(O)O)C4)C5)ncc3F)cc2n1C(C)(C)C. The minimum absolute atomic E-state index is 0.0102. The first-order valence-electron chi connectivity index (χ1n) is 14.7. The van der Waals surface area contributed by atoms with Crippen molar-refractivity contribution in [2.24, 2.45) is 0 Å². The third-order valence-corrected chi connectivity index (χ3v) is 8.40. The molecule has 0 saturated carbocycles. The highest BCUT2D eigenvalue weighted by Crippen LogP contribution is 2.32. The molecule has 6 rings (SSSR count). The maximum absolute atomic E-state index is 15.2. The maximum Gasteiger partial charge on any atom is 0.456 e. The van der Waals surface area contributed by atoms with Crippen LogP contribution in [0, 0.1) is 18.6 Å². The van der Waals surface area contributed by atoms with Crippen LogP contribution >= 0.6 is 0 Å². The van der Waals surface area contributed by atoms with Gasteiger partial charge < -0.3 is 24.8 Å². The normalized spacial score (nSPS) is 17.9. The number of nitrogens with zero attached hydrogens (tertiary/aromatic N) is 7. The fourth-order valence-corrected chi connectivity index (χ4v) is 6.31. The quantitative estimate of drug-likeness (QED) is 0.276. The number of hydrogen-bond donors (Lipinski definition) is 3. The Morgan fingerprint density at radius 3 is 2.56 bits per heavy atom. The molecule has 2 aliphatic rings. The molecule has 3 N–H and O–H groups in total. The lowest BCUT2D eigenvalue weighted by Crippen LogP contribution is -2.38. The van der Waals surface area contributed by atoms with E-state index in [9.17, 15) is 10.0 Å². The molecule has 1 fully saturated rings. The molecule has 0 amide bonds. The number of nitrogens with one attached hydrogen (secondary N) is 1. The van der Waals surface area contributed by atoms with Gasteiger partial charge in [-0.25, -0.2) is 28.7 Å². The van der Waals surface area contributed by atoms with Crippen LogP contribution in [0.4, 0.5) is 20.5 Å². The summed E-state index contributed by atoms with van der Waals surface area (Å²) < 4.78 is 32.1. The highest BCUT2D eigenvalue weighted by Gasteiger charge is 2.31. The fourth-order valence-electron chi connectivity index (χ4n) is 6.31. The van der Waals surface area contributed by atoms with Crippen LogP contribution in [-0.4, -0.2) is 84.2 Å². The summed E-state index contributed by atoms with van der Waals surface area (Å²) in [6, 6.07) is 6.88. The summed E-state index contributed by atoms with van der Waals surface area (Å²) in [6.07, 6.45) is 2.69. The van der Waals surface area contributed by atoms with E-state index in [0.29, 0.717) is 22.7 Å². The largest absolute Gasteiger partial charge is 0.456 e. The summed E-state index contributed by atoms with van der Waals surface area (Å²) in [7, 11) is -1.24. The standard InChI is InChI=1S/C30H37BF2N8O2/c1-18-35-28-22(32)13-20(14-25(28)41(18)30(2,3)4)27-23(33)15-34-29(38-27)37-26-6-5-19-16-39(10-8-24(19)36-26)11-12-40-9-7-21(17-40)31(42)43/h5-6,13-15,21,42-43H,7-12,16-17H2,1-4H3,(H,34,36,37,38). The van der Waals surface area contributed by atoms with E-state index in [-0.39, 0.29) is 28.5 Å². The monoisotopic (exact) mass is 590 g/mol. The van der Waals surface area contributed by atoms with Gasteiger partial charge in [-0.2, -0.15) is 0 Å². The van der Waals surface area contributed by atoms with Crippen molar-refractivity contribution in [1.82, 2.24) is 34.3 Å². The number of aryl methyl sites for hydroxylation is 1. The number of halogens is 2. The molecule has 4 aromatic rings. The van der Waals surface area contributed by atoms with Gasteiger partial charge in [-0.1, -0.05) is 6.07 Å². The van der Waals surface area contributed by atoms with Crippen LogP contribution in [-0.2, 0) is 18.5 Å². The predicted octanol–water partition coefficient (Wildman–Crippen LogP) is 3.88. The van der Waals surface area contributed by atoms with Gasteiger partial charge in [0.15, 0.2) is 11.6 Å². The molecular formula is C30H37BF2N8O2. The van der Waals surface area contributed by atoms with Gasteiger partial charge >= 0.3 is 7.12 Å². The van der Waals surface area contributed by atoms with Gasteiger partial charge in [-0.15, -0.1) is 0 Å². The Kier molecular flexibility index (Phi) is 7.92. The number of pyridine rings is 1. The zero-order valence-corrected chi connectivity index (χ0v) is 25.0. The summed E-state index contributed by atoms with van der Waals surface area (Å²) >= 11 is 0. The molecular weight excluding hydrogens is 553 g/mol. The first kappa shape index (κ1) is 29.6. The van der Waals surface area contributed by atoms with Gasteiger partial charge in [-0.3, -0.25) is 4.90 Å². The van der Waals surface area contributed by atoms with Crippen LogP contribution in [0.25, 0.3) is 22.3 Å². The highest BCUT2D eigenvalue weighted by molar-refractivity contribution is 6.43. The molecule has 43 heavy (non-hydrogen) atoms. The average Bonchev–Trinajstić information content (AvgIpc) is 3.57. The molecule has 0 spiro atoms. The van der Waals surface area contributed by atoms with Crippen molar-refractivity contribution < 1.29 is 18.8 Å². The van der Waals surface area contributed by atoms with Crippen LogP contribution < -0.4 is 5.32 Å². The predicted molar refractivity (Wildman–Crippen MR) is 162 cm³/mol. The Hall–Kier alpha value is -3.52. The van der Waals surface area contributed by atoms with Gasteiger partial charge in [0.25, 0.3) is 0 Å². The molecule has 10 nitrogen and oxygen atoms in total. The lowest BCUT2D eigenvalue weighted by molar-refractivity contribution is 0.209. The summed E-state index contributed by atoms with van der Waals surface area (Å²) in [5.74, 6) is 0.140. The Labute approximate surface area is 250 Å². The lowest BCUT2D eigenvalue weighted by Gasteiger charge is -2.30. The number of likely N-dealkylation sites (tertiary alicyclic amines) is 1. The summed E-state index contributed by atoms with van der Waals surface area (Å²) in [5, 5.41) is 22.0. The van der Waals surface area contributed by atoms with Crippen molar-refractivity contribution in [3.63, 3.8) is 0 Å². The van der Waals surface area contributed by atoms with Crippen LogP contribution in [0.2, 0.25) is 5.82 Å². The topological polar surface area (TPSA) is 115 Å². The van der Waals surface area contributed by atoms with Gasteiger partial charge in [0, 0.05) is 55.2 Å². The first-order chi connectivity index (χ1) is 20.5. The first-order valence-corrected chi connectivity index (χ1v) is 14.7. The molecule has 2 aliphatic heterocycles. The van der Waals surface area contributed by atoms with Gasteiger partial charge in [-0.05, 0) is 71.0 Å². The lowest BCUT2D eigenvalue weighted by atomic mass is 9.72. The Bertz CT molecular complexity index is 1660. The minimum atomic E-state index is -1.24. The Morgan fingerprint density at radius 2 is 1.81 bits per heavy atom. The van der Waals surface area contributed by atoms with E-state index in [1.165, 1.54) is 6.07 Å². The van der Waals surface area contributed by atoms with Crippen LogP contribution in [0.3, 0.4) is 0 Å². The molecule has 1 aromatic carbocycles. The summed E-state index contributed by atoms with van der Waals surface area (Å²) in [6.45, 7) is 12.9. The second-order valence-electron chi connectivity index (χ2n) is 12.6. The number of aromatic nitrogens is 5. The van der Waals surface area contributed by atoms with Gasteiger partial charge in [0.05, 0.1) is 11.7 Å². The number of rotatable bonds is 7. The molecule has 13 heteroatoms. The van der Waals surface area contributed by atoms with Crippen molar-refractivity contribution in [1.29, 1.82) is 0 Å². The molecule has 1 saturated heterocycles. The third-order valence-electron chi connectivity index (χ3n) is 8.40. The van der Waals surface area contributed by atoms with Crippen molar-refractivity contribution in [3.05, 3.63) is 59.2 Å². The zero-order valence-electron chi connectivity index (χ0n) is 25.0. The van der Waals surface area contributed by atoms with Crippen LogP contribution in [0.1, 0.15) is 44.3 Å². The third kappa shape index (κ3) is 6.12. The maximum atomic E-state index is 15.2. The number of fused-ring (bicyclic) bond motifs is 2. The molecule has 226 valence electrons. The fraction of sp³-hybridized carbons (Fsp3) is 0.467. The van der Waals surface area contributed by atoms with E-state index < -0.39 is 18.8 Å². The van der Waals surface area contributed by atoms with Crippen molar-refractivity contribution in [3.8, 4) is 11.3 Å². The minimum Gasteiger partial charge on any atom is -0.427 e. The Balaban J connectivity index is 1.17. The Morgan fingerprint density at radius 1 is 1.02 bits per heavy atom. The number of hydrogen-bond acceptors (Lipinski definition) is 9. The van der Waals surface area contributed by atoms with Gasteiger partial charge in [0.1, 0.15) is 22.9 Å². The van der Waals surface area contributed by atoms with E-state index in [0.717, 1.165) is 69.6 Å². The summed E-state index contributed by atoms with van der Waals surface area (Å²) in [5.41, 5.74) is 2.90. The summed E-state index contributed by atoms with van der Waals surface area (Å²) in [4.78, 5) is 22.4. The smallest absolute Gasteiger partial charge is 0.427 e. The average molecular weight is 590 g/mol. The molecule has 0 radical (unpaired) electrons. The van der Waals surface area contributed by atoms with Crippen molar-refractivity contribution in [2.45, 2.75) is 58.4 Å². The van der Waals surface area contributed by atoms with E-state index in [1.807, 2.05) is 44.4 Å². The molecule has 5 heterocycles. The van der Waals surface area contributed by atoms with E-state index in [2.05, 4.69) is 30.1 Å². The molecule has 1 atom stereocenters. The molecule has 3 aromatic heterocycles. The second-order valence-corrected chi connectivity index (χ2v) is 12.6. The molecule has 0 aliphatic carbocycles. The van der Waals surface area contributed by atoms with E-state index >= 15 is 8.78 Å². The van der Waals surface area contributed by atoms with Crippen molar-refractivity contribution >= 4 is 29.9 Å².